The van der Waals surface area contributed by atoms with Crippen LogP contribution < -0.4 is 5.32 Å². The van der Waals surface area contributed by atoms with Crippen LogP contribution in [0.1, 0.15) is 10.4 Å². The molecule has 5 heteroatoms. The van der Waals surface area contributed by atoms with E-state index in [0.717, 1.165) is 26.2 Å². The molecule has 2 rings (SSSR count). The molecule has 1 aliphatic rings. The molecule has 1 saturated heterocycles. The quantitative estimate of drug-likeness (QED) is 0.771. The number of halogens is 1. The van der Waals surface area contributed by atoms with Crippen LogP contribution in [0.3, 0.4) is 0 Å². The Morgan fingerprint density at radius 2 is 2.20 bits per heavy atom. The highest BCUT2D eigenvalue weighted by Gasteiger charge is 2.17. The molecule has 0 bridgehead atoms. The summed E-state index contributed by atoms with van der Waals surface area (Å²) in [6.07, 6.45) is 1.64. The summed E-state index contributed by atoms with van der Waals surface area (Å²) >= 11 is 3.26. The van der Waals surface area contributed by atoms with Crippen LogP contribution in [0.4, 0.5) is 0 Å². The normalized spacial score (nSPS) is 16.5. The Balaban J connectivity index is 2.12. The summed E-state index contributed by atoms with van der Waals surface area (Å²) in [4.78, 5) is 17.9. The molecule has 2 heterocycles. The lowest BCUT2D eigenvalue weighted by molar-refractivity contribution is 0.0735. The van der Waals surface area contributed by atoms with Crippen molar-refractivity contribution in [1.29, 1.82) is 0 Å². The molecule has 0 radical (unpaired) electrons. The monoisotopic (exact) mass is 269 g/mol. The number of aromatic nitrogens is 1. The number of amides is 1. The molecule has 1 fully saturated rings. The van der Waals surface area contributed by atoms with Gasteiger partial charge >= 0.3 is 0 Å². The first kappa shape index (κ1) is 10.6. The Morgan fingerprint density at radius 1 is 1.47 bits per heavy atom. The van der Waals surface area contributed by atoms with Gasteiger partial charge in [0.25, 0.3) is 5.91 Å². The lowest BCUT2D eigenvalue weighted by Crippen LogP contribution is -2.46. The smallest absolute Gasteiger partial charge is 0.254 e. The van der Waals surface area contributed by atoms with Crippen LogP contribution in [0.2, 0.25) is 0 Å². The van der Waals surface area contributed by atoms with Gasteiger partial charge in [0.1, 0.15) is 4.60 Å². The zero-order chi connectivity index (χ0) is 10.7. The Morgan fingerprint density at radius 3 is 2.87 bits per heavy atom. The maximum atomic E-state index is 12.0. The summed E-state index contributed by atoms with van der Waals surface area (Å²) in [7, 11) is 0. The first-order valence-electron chi connectivity index (χ1n) is 4.89. The third kappa shape index (κ3) is 2.54. The van der Waals surface area contributed by atoms with E-state index in [4.69, 9.17) is 0 Å². The van der Waals surface area contributed by atoms with E-state index in [1.54, 1.807) is 18.3 Å². The minimum Gasteiger partial charge on any atom is -0.336 e. The van der Waals surface area contributed by atoms with Crippen molar-refractivity contribution in [1.82, 2.24) is 15.2 Å². The van der Waals surface area contributed by atoms with Crippen molar-refractivity contribution in [2.45, 2.75) is 0 Å². The molecule has 4 nitrogen and oxygen atoms in total. The van der Waals surface area contributed by atoms with E-state index >= 15 is 0 Å². The Bertz CT molecular complexity index is 363. The number of carbonyl (C=O) groups excluding carboxylic acids is 1. The largest absolute Gasteiger partial charge is 0.336 e. The SMILES string of the molecule is O=C(c1ccnc(Br)c1)N1CCNCC1. The van der Waals surface area contributed by atoms with Crippen LogP contribution in [0.5, 0.6) is 0 Å². The van der Waals surface area contributed by atoms with Gasteiger partial charge < -0.3 is 10.2 Å². The van der Waals surface area contributed by atoms with Crippen molar-refractivity contribution < 1.29 is 4.79 Å². The molecule has 0 atom stereocenters. The number of nitrogens with zero attached hydrogens (tertiary/aromatic N) is 2. The maximum absolute atomic E-state index is 12.0. The molecule has 80 valence electrons. The van der Waals surface area contributed by atoms with Crippen LogP contribution in [0.25, 0.3) is 0 Å². The Labute approximate surface area is 96.8 Å². The molecule has 0 aliphatic carbocycles. The van der Waals surface area contributed by atoms with Crippen molar-refractivity contribution >= 4 is 21.8 Å². The number of rotatable bonds is 1. The third-order valence-electron chi connectivity index (χ3n) is 2.38. The van der Waals surface area contributed by atoms with Crippen LogP contribution in [-0.4, -0.2) is 42.0 Å². The summed E-state index contributed by atoms with van der Waals surface area (Å²) in [6, 6.07) is 3.50. The van der Waals surface area contributed by atoms with E-state index in [1.807, 2.05) is 4.90 Å². The first-order chi connectivity index (χ1) is 7.27. The number of nitrogens with one attached hydrogen (secondary N) is 1. The highest BCUT2D eigenvalue weighted by molar-refractivity contribution is 9.10. The molecule has 1 amide bonds. The lowest BCUT2D eigenvalue weighted by Gasteiger charge is -2.27. The fourth-order valence-electron chi connectivity index (χ4n) is 1.59. The lowest BCUT2D eigenvalue weighted by atomic mass is 10.2. The summed E-state index contributed by atoms with van der Waals surface area (Å²) < 4.78 is 0.698. The minimum absolute atomic E-state index is 0.0830. The number of hydrogen-bond donors (Lipinski definition) is 1. The molecule has 15 heavy (non-hydrogen) atoms. The number of carbonyl (C=O) groups is 1. The van der Waals surface area contributed by atoms with Crippen LogP contribution in [-0.2, 0) is 0 Å². The van der Waals surface area contributed by atoms with Gasteiger partial charge in [0, 0.05) is 37.9 Å². The summed E-state index contributed by atoms with van der Waals surface area (Å²) in [5, 5.41) is 3.22. The van der Waals surface area contributed by atoms with Crippen LogP contribution in [0.15, 0.2) is 22.9 Å². The van der Waals surface area contributed by atoms with Gasteiger partial charge in [0.15, 0.2) is 0 Å². The second kappa shape index (κ2) is 4.72. The highest BCUT2D eigenvalue weighted by Crippen LogP contribution is 2.10. The van der Waals surface area contributed by atoms with E-state index in [9.17, 15) is 4.79 Å². The standard InChI is InChI=1S/C10H12BrN3O/c11-9-7-8(1-2-13-9)10(15)14-5-3-12-4-6-14/h1-2,7,12H,3-6H2. The summed E-state index contributed by atoms with van der Waals surface area (Å²) in [5.41, 5.74) is 0.693. The molecule has 1 N–H and O–H groups in total. The number of piperazine rings is 1. The van der Waals surface area contributed by atoms with Gasteiger partial charge in [-0.25, -0.2) is 4.98 Å². The van der Waals surface area contributed by atoms with Gasteiger partial charge in [-0.2, -0.15) is 0 Å². The van der Waals surface area contributed by atoms with Crippen molar-refractivity contribution in [2.24, 2.45) is 0 Å². The highest BCUT2D eigenvalue weighted by atomic mass is 79.9. The van der Waals surface area contributed by atoms with Crippen LogP contribution in [0, 0.1) is 0 Å². The van der Waals surface area contributed by atoms with E-state index in [1.165, 1.54) is 0 Å². The van der Waals surface area contributed by atoms with Crippen molar-refractivity contribution in [2.75, 3.05) is 26.2 Å². The second-order valence-corrected chi connectivity index (χ2v) is 4.22. The van der Waals surface area contributed by atoms with Gasteiger partial charge in [-0.3, -0.25) is 4.79 Å². The van der Waals surface area contributed by atoms with Gasteiger partial charge in [-0.1, -0.05) is 0 Å². The van der Waals surface area contributed by atoms with E-state index in [2.05, 4.69) is 26.2 Å². The minimum atomic E-state index is 0.0830. The first-order valence-corrected chi connectivity index (χ1v) is 5.68. The van der Waals surface area contributed by atoms with Crippen molar-refractivity contribution in [3.05, 3.63) is 28.5 Å². The van der Waals surface area contributed by atoms with Gasteiger partial charge in [-0.05, 0) is 28.1 Å². The number of hydrogen-bond acceptors (Lipinski definition) is 3. The van der Waals surface area contributed by atoms with Gasteiger partial charge in [0.05, 0.1) is 0 Å². The molecule has 1 aromatic rings. The van der Waals surface area contributed by atoms with Crippen molar-refractivity contribution in [3.8, 4) is 0 Å². The fourth-order valence-corrected chi connectivity index (χ4v) is 1.95. The van der Waals surface area contributed by atoms with Crippen molar-refractivity contribution in [3.63, 3.8) is 0 Å². The molecule has 0 unspecified atom stereocenters. The fraction of sp³-hybridized carbons (Fsp3) is 0.400. The molecule has 0 aromatic carbocycles. The van der Waals surface area contributed by atoms with E-state index in [-0.39, 0.29) is 5.91 Å². The Hall–Kier alpha value is -0.940. The topological polar surface area (TPSA) is 45.2 Å². The average molecular weight is 270 g/mol. The maximum Gasteiger partial charge on any atom is 0.254 e. The molecular weight excluding hydrogens is 258 g/mol. The molecule has 1 aromatic heterocycles. The Kier molecular flexibility index (Phi) is 3.33. The zero-order valence-corrected chi connectivity index (χ0v) is 9.83. The molecular formula is C10H12BrN3O. The second-order valence-electron chi connectivity index (χ2n) is 3.41. The van der Waals surface area contributed by atoms with Gasteiger partial charge in [-0.15, -0.1) is 0 Å². The predicted octanol–water partition coefficient (Wildman–Crippen LogP) is 0.889. The van der Waals surface area contributed by atoms with E-state index in [0.29, 0.717) is 10.2 Å². The molecule has 0 saturated carbocycles. The van der Waals surface area contributed by atoms with Crippen LogP contribution >= 0.6 is 15.9 Å². The average Bonchev–Trinajstić information content (AvgIpc) is 2.29. The molecule has 0 spiro atoms. The summed E-state index contributed by atoms with van der Waals surface area (Å²) in [6.45, 7) is 3.30. The zero-order valence-electron chi connectivity index (χ0n) is 8.24. The van der Waals surface area contributed by atoms with Gasteiger partial charge in [0.2, 0.25) is 0 Å². The molecule has 1 aliphatic heterocycles. The third-order valence-corrected chi connectivity index (χ3v) is 2.81. The predicted molar refractivity (Wildman–Crippen MR) is 60.7 cm³/mol. The van der Waals surface area contributed by atoms with E-state index < -0.39 is 0 Å². The number of pyridine rings is 1. The summed E-state index contributed by atoms with van der Waals surface area (Å²) in [5.74, 6) is 0.0830.